The number of carbonyl (C=O) groups is 1. The van der Waals surface area contributed by atoms with E-state index in [1.54, 1.807) is 43.2 Å². The lowest BCUT2D eigenvalue weighted by atomic mass is 9.99. The van der Waals surface area contributed by atoms with Crippen molar-refractivity contribution >= 4 is 29.3 Å². The summed E-state index contributed by atoms with van der Waals surface area (Å²) in [5.41, 5.74) is 2.59. The molecule has 1 aliphatic rings. The zero-order valence-electron chi connectivity index (χ0n) is 22.0. The summed E-state index contributed by atoms with van der Waals surface area (Å²) >= 11 is 0. The van der Waals surface area contributed by atoms with Crippen LogP contribution in [0.2, 0.25) is 0 Å². The quantitative estimate of drug-likeness (QED) is 0.364. The van der Waals surface area contributed by atoms with Crippen molar-refractivity contribution in [3.63, 3.8) is 0 Å². The van der Waals surface area contributed by atoms with Gasteiger partial charge < -0.3 is 10.1 Å². The summed E-state index contributed by atoms with van der Waals surface area (Å²) in [6.45, 7) is 8.18. The third-order valence-electron chi connectivity index (χ3n) is 5.64. The number of nitrogens with zero attached hydrogens (tertiary/aromatic N) is 4. The Morgan fingerprint density at radius 3 is 2.58 bits per heavy atom. The van der Waals surface area contributed by atoms with Crippen LogP contribution in [-0.4, -0.2) is 57.0 Å². The average Bonchev–Trinajstić information content (AvgIpc) is 3.41. The minimum absolute atomic E-state index is 0.0337. The number of hydrogen-bond acceptors (Lipinski definition) is 5. The number of halogens is 3. The summed E-state index contributed by atoms with van der Waals surface area (Å²) < 4.78 is 47.9. The molecule has 3 heterocycles. The largest absolute Gasteiger partial charge is 0.434 e. The summed E-state index contributed by atoms with van der Waals surface area (Å²) in [4.78, 5) is 14.2. The van der Waals surface area contributed by atoms with Gasteiger partial charge in [-0.1, -0.05) is 26.8 Å². The Kier molecular flexibility index (Phi) is 9.89. The maximum atomic E-state index is 15.3. The molecule has 3 aromatic rings. The van der Waals surface area contributed by atoms with Crippen molar-refractivity contribution < 1.29 is 22.7 Å². The summed E-state index contributed by atoms with van der Waals surface area (Å²) in [5, 5.41) is 13.9. The van der Waals surface area contributed by atoms with Crippen molar-refractivity contribution in [1.29, 1.82) is 0 Å². The van der Waals surface area contributed by atoms with Crippen LogP contribution in [-0.2, 0) is 11.8 Å². The second kappa shape index (κ2) is 13.1. The molecule has 0 bridgehead atoms. The first-order valence-corrected chi connectivity index (χ1v) is 12.4. The highest BCUT2D eigenvalue weighted by atomic mass is 19.3. The van der Waals surface area contributed by atoms with E-state index in [0.29, 0.717) is 28.1 Å². The van der Waals surface area contributed by atoms with Gasteiger partial charge in [0, 0.05) is 36.1 Å². The number of hydrogen-bond donors (Lipinski definition) is 2. The summed E-state index contributed by atoms with van der Waals surface area (Å²) in [6.07, 6.45) is 8.82. The number of aryl methyl sites for hydroxylation is 1. The van der Waals surface area contributed by atoms with Crippen molar-refractivity contribution in [2.24, 2.45) is 7.05 Å². The van der Waals surface area contributed by atoms with E-state index >= 15 is 4.39 Å². The molecule has 1 fully saturated rings. The Balaban J connectivity index is 0.00000127. The van der Waals surface area contributed by atoms with Crippen molar-refractivity contribution in [1.82, 2.24) is 24.9 Å². The number of likely N-dealkylation sites (tertiary alicyclic amines) is 1. The molecule has 0 spiro atoms. The predicted molar refractivity (Wildman–Crippen MR) is 143 cm³/mol. The number of benzene rings is 1. The molecule has 1 saturated heterocycles. The maximum absolute atomic E-state index is 15.3. The Hall–Kier alpha value is -3.86. The van der Waals surface area contributed by atoms with E-state index in [-0.39, 0.29) is 29.5 Å². The summed E-state index contributed by atoms with van der Waals surface area (Å²) in [7, 11) is 1.76. The SMILES string of the molecule is C=Cc1[nH]nc(-c2cnn(C)c2)c1/C=C(\C)c1c(F)cc(NC(=O)CN2CCC2)cc1OC(F)F.CCC. The third kappa shape index (κ3) is 7.12. The van der Waals surface area contributed by atoms with Crippen LogP contribution >= 0.6 is 0 Å². The fourth-order valence-corrected chi connectivity index (χ4v) is 3.89. The van der Waals surface area contributed by atoms with Gasteiger partial charge in [0.2, 0.25) is 5.91 Å². The van der Waals surface area contributed by atoms with Gasteiger partial charge in [-0.15, -0.1) is 0 Å². The van der Waals surface area contributed by atoms with Crippen LogP contribution in [0.15, 0.2) is 31.1 Å². The van der Waals surface area contributed by atoms with Crippen LogP contribution in [0.4, 0.5) is 18.9 Å². The van der Waals surface area contributed by atoms with Gasteiger partial charge in [0.05, 0.1) is 24.0 Å². The van der Waals surface area contributed by atoms with Gasteiger partial charge >= 0.3 is 6.61 Å². The van der Waals surface area contributed by atoms with Crippen molar-refractivity contribution in [2.75, 3.05) is 25.0 Å². The Labute approximate surface area is 220 Å². The lowest BCUT2D eigenvalue weighted by molar-refractivity contribution is -0.118. The molecule has 11 heteroatoms. The number of aromatic amines is 1. The molecule has 2 aromatic heterocycles. The monoisotopic (exact) mass is 530 g/mol. The predicted octanol–water partition coefficient (Wildman–Crippen LogP) is 5.81. The maximum Gasteiger partial charge on any atom is 0.387 e. The van der Waals surface area contributed by atoms with Gasteiger partial charge in [0.15, 0.2) is 0 Å². The number of aromatic nitrogens is 4. The molecule has 4 rings (SSSR count). The molecular formula is C27H33F3N6O2. The van der Waals surface area contributed by atoms with Crippen LogP contribution in [0.5, 0.6) is 5.75 Å². The Bertz CT molecular complexity index is 1290. The molecule has 38 heavy (non-hydrogen) atoms. The second-order valence-corrected chi connectivity index (χ2v) is 8.93. The van der Waals surface area contributed by atoms with Crippen LogP contribution in [0.1, 0.15) is 50.4 Å². The molecule has 0 atom stereocenters. The van der Waals surface area contributed by atoms with E-state index in [0.717, 1.165) is 25.6 Å². The third-order valence-corrected chi connectivity index (χ3v) is 5.64. The standard InChI is InChI=1S/C24H25F3N6O2.C3H8/c1-4-19-17(23(31-30-19)15-11-28-32(3)12-15)8-14(2)22-18(25)9-16(10-20(22)35-24(26)27)29-21(34)13-33-6-5-7-33;1-3-2/h4,8-12,24H,1,5-7,13H2,2-3H3,(H,29,34)(H,30,31);3H2,1-2H3/b14-8+;. The fourth-order valence-electron chi connectivity index (χ4n) is 3.89. The number of anilines is 1. The molecule has 0 unspecified atom stereocenters. The highest BCUT2D eigenvalue weighted by molar-refractivity contribution is 5.94. The van der Waals surface area contributed by atoms with Crippen LogP contribution < -0.4 is 10.1 Å². The van der Waals surface area contributed by atoms with Gasteiger partial charge in [-0.2, -0.15) is 19.0 Å². The molecule has 2 N–H and O–H groups in total. The molecule has 1 aromatic carbocycles. The highest BCUT2D eigenvalue weighted by Crippen LogP contribution is 2.36. The van der Waals surface area contributed by atoms with Crippen molar-refractivity contribution in [3.05, 3.63) is 53.7 Å². The molecule has 0 saturated carbocycles. The van der Waals surface area contributed by atoms with Gasteiger partial charge in [-0.25, -0.2) is 4.39 Å². The molecule has 0 radical (unpaired) electrons. The minimum Gasteiger partial charge on any atom is -0.434 e. The van der Waals surface area contributed by atoms with E-state index in [1.165, 1.54) is 12.5 Å². The van der Waals surface area contributed by atoms with E-state index < -0.39 is 12.4 Å². The first-order valence-electron chi connectivity index (χ1n) is 12.4. The van der Waals surface area contributed by atoms with E-state index in [9.17, 15) is 13.6 Å². The van der Waals surface area contributed by atoms with Gasteiger partial charge in [-0.05, 0) is 50.2 Å². The van der Waals surface area contributed by atoms with Crippen molar-refractivity contribution in [3.8, 4) is 17.0 Å². The summed E-state index contributed by atoms with van der Waals surface area (Å²) in [6, 6.07) is 2.28. The first-order chi connectivity index (χ1) is 18.2. The second-order valence-electron chi connectivity index (χ2n) is 8.93. The van der Waals surface area contributed by atoms with Crippen LogP contribution in [0, 0.1) is 5.82 Å². The summed E-state index contributed by atoms with van der Waals surface area (Å²) in [5.74, 6) is -1.57. The number of amides is 1. The van der Waals surface area contributed by atoms with Crippen molar-refractivity contribution in [2.45, 2.75) is 40.2 Å². The first kappa shape index (κ1) is 28.7. The molecule has 204 valence electrons. The van der Waals surface area contributed by atoms with Crippen LogP contribution in [0.25, 0.3) is 29.0 Å². The Morgan fingerprint density at radius 2 is 2.03 bits per heavy atom. The number of nitrogens with one attached hydrogen (secondary N) is 2. The normalized spacial score (nSPS) is 13.5. The highest BCUT2D eigenvalue weighted by Gasteiger charge is 2.22. The topological polar surface area (TPSA) is 88.1 Å². The number of carbonyl (C=O) groups excluding carboxylic acids is 1. The number of alkyl halides is 2. The number of H-pyrrole nitrogens is 1. The number of allylic oxidation sites excluding steroid dienone is 1. The molecule has 0 aliphatic carbocycles. The van der Waals surface area contributed by atoms with Gasteiger partial charge in [0.25, 0.3) is 0 Å². The van der Waals surface area contributed by atoms with Gasteiger partial charge in [-0.3, -0.25) is 19.5 Å². The van der Waals surface area contributed by atoms with Crippen LogP contribution in [0.3, 0.4) is 0 Å². The molecule has 8 nitrogen and oxygen atoms in total. The van der Waals surface area contributed by atoms with E-state index in [1.807, 2.05) is 4.90 Å². The smallest absolute Gasteiger partial charge is 0.387 e. The number of ether oxygens (including phenoxy) is 1. The minimum atomic E-state index is -3.18. The average molecular weight is 531 g/mol. The van der Waals surface area contributed by atoms with Gasteiger partial charge in [0.1, 0.15) is 17.3 Å². The fraction of sp³-hybridized carbons (Fsp3) is 0.370. The lowest BCUT2D eigenvalue weighted by Crippen LogP contribution is -2.42. The Morgan fingerprint density at radius 1 is 1.32 bits per heavy atom. The van der Waals surface area contributed by atoms with E-state index in [2.05, 4.69) is 45.8 Å². The number of rotatable bonds is 9. The van der Waals surface area contributed by atoms with E-state index in [4.69, 9.17) is 0 Å². The zero-order chi connectivity index (χ0) is 27.8. The molecule has 1 amide bonds. The molecular weight excluding hydrogens is 497 g/mol. The zero-order valence-corrected chi connectivity index (χ0v) is 22.0. The lowest BCUT2D eigenvalue weighted by Gasteiger charge is -2.29. The molecule has 1 aliphatic heterocycles.